The number of unbranched alkanes of at least 4 members (excludes halogenated alkanes) is 5. The van der Waals surface area contributed by atoms with E-state index < -0.39 is 0 Å². The largest absolute Gasteiger partial charge is 0.460 e. The normalized spacial score (nSPS) is 12.0. The monoisotopic (exact) mass is 254 g/mol. The second-order valence-corrected chi connectivity index (χ2v) is 5.77. The van der Waals surface area contributed by atoms with E-state index in [0.717, 1.165) is 19.3 Å². The van der Waals surface area contributed by atoms with E-state index in [-0.39, 0.29) is 11.6 Å². The highest BCUT2D eigenvalue weighted by atomic mass is 16.6. The summed E-state index contributed by atoms with van der Waals surface area (Å²) in [7, 11) is 0. The zero-order valence-electron chi connectivity index (χ0n) is 12.6. The number of hydrogen-bond donors (Lipinski definition) is 0. The van der Waals surface area contributed by atoms with Gasteiger partial charge in [-0.2, -0.15) is 0 Å². The van der Waals surface area contributed by atoms with Crippen LogP contribution in [0.15, 0.2) is 12.2 Å². The third kappa shape index (κ3) is 13.3. The van der Waals surface area contributed by atoms with Gasteiger partial charge in [-0.25, -0.2) is 0 Å². The van der Waals surface area contributed by atoms with Crippen LogP contribution in [-0.4, -0.2) is 11.6 Å². The van der Waals surface area contributed by atoms with Gasteiger partial charge in [-0.15, -0.1) is 0 Å². The molecule has 0 radical (unpaired) electrons. The van der Waals surface area contributed by atoms with Crippen molar-refractivity contribution in [2.24, 2.45) is 0 Å². The summed E-state index contributed by atoms with van der Waals surface area (Å²) in [4.78, 5) is 11.4. The molecule has 0 aliphatic rings. The van der Waals surface area contributed by atoms with Crippen molar-refractivity contribution in [3.05, 3.63) is 12.2 Å². The SMILES string of the molecule is CCC=CCCCCCCCC(=O)OC(C)(C)C. The van der Waals surface area contributed by atoms with Crippen molar-refractivity contribution in [2.75, 3.05) is 0 Å². The number of hydrogen-bond acceptors (Lipinski definition) is 2. The van der Waals surface area contributed by atoms with Gasteiger partial charge in [0.25, 0.3) is 0 Å². The average Bonchev–Trinajstić information content (AvgIpc) is 2.24. The van der Waals surface area contributed by atoms with Crippen molar-refractivity contribution in [2.45, 2.75) is 84.7 Å². The molecule has 0 atom stereocenters. The average molecular weight is 254 g/mol. The number of esters is 1. The van der Waals surface area contributed by atoms with Gasteiger partial charge in [-0.05, 0) is 46.5 Å². The van der Waals surface area contributed by atoms with Gasteiger partial charge < -0.3 is 4.74 Å². The molecule has 0 aliphatic carbocycles. The fourth-order valence-corrected chi connectivity index (χ4v) is 1.74. The van der Waals surface area contributed by atoms with E-state index in [1.165, 1.54) is 25.7 Å². The van der Waals surface area contributed by atoms with Crippen LogP contribution in [0.1, 0.15) is 79.1 Å². The smallest absolute Gasteiger partial charge is 0.306 e. The van der Waals surface area contributed by atoms with E-state index in [1.807, 2.05) is 20.8 Å². The molecule has 0 N–H and O–H groups in total. The lowest BCUT2D eigenvalue weighted by Gasteiger charge is -2.19. The molecule has 0 bridgehead atoms. The summed E-state index contributed by atoms with van der Waals surface area (Å²) in [6, 6.07) is 0. The molecule has 18 heavy (non-hydrogen) atoms. The maximum absolute atomic E-state index is 11.4. The molecule has 0 spiro atoms. The van der Waals surface area contributed by atoms with Crippen LogP contribution >= 0.6 is 0 Å². The Bertz CT molecular complexity index is 236. The van der Waals surface area contributed by atoms with Gasteiger partial charge in [0.05, 0.1) is 0 Å². The molecule has 106 valence electrons. The van der Waals surface area contributed by atoms with Gasteiger partial charge in [0.1, 0.15) is 5.60 Å². The topological polar surface area (TPSA) is 26.3 Å². The highest BCUT2D eigenvalue weighted by molar-refractivity contribution is 5.69. The lowest BCUT2D eigenvalue weighted by molar-refractivity contribution is -0.154. The van der Waals surface area contributed by atoms with Crippen molar-refractivity contribution in [3.8, 4) is 0 Å². The molecule has 0 aromatic heterocycles. The van der Waals surface area contributed by atoms with Gasteiger partial charge in [0.2, 0.25) is 0 Å². The molecule has 0 rings (SSSR count). The second-order valence-electron chi connectivity index (χ2n) is 5.77. The summed E-state index contributed by atoms with van der Waals surface area (Å²) in [5.41, 5.74) is -0.345. The number of carbonyl (C=O) groups excluding carboxylic acids is 1. The first-order valence-electron chi connectivity index (χ1n) is 7.32. The molecular weight excluding hydrogens is 224 g/mol. The standard InChI is InChI=1S/C16H30O2/c1-5-6-7-8-9-10-11-12-13-14-15(17)18-16(2,3)4/h6-7H,5,8-14H2,1-4H3. The summed E-state index contributed by atoms with van der Waals surface area (Å²) in [6.07, 6.45) is 13.2. The molecule has 0 fully saturated rings. The molecule has 0 amide bonds. The Balaban J connectivity index is 3.30. The van der Waals surface area contributed by atoms with Crippen LogP contribution in [0, 0.1) is 0 Å². The molecule has 2 heteroatoms. The highest BCUT2D eigenvalue weighted by Crippen LogP contribution is 2.12. The maximum Gasteiger partial charge on any atom is 0.306 e. The van der Waals surface area contributed by atoms with E-state index in [2.05, 4.69) is 19.1 Å². The Morgan fingerprint density at radius 1 is 1.00 bits per heavy atom. The Morgan fingerprint density at radius 3 is 2.22 bits per heavy atom. The number of allylic oxidation sites excluding steroid dienone is 2. The van der Waals surface area contributed by atoms with Crippen LogP contribution in [0.25, 0.3) is 0 Å². The van der Waals surface area contributed by atoms with Crippen LogP contribution in [0.5, 0.6) is 0 Å². The molecule has 0 aromatic rings. The van der Waals surface area contributed by atoms with E-state index in [4.69, 9.17) is 4.74 Å². The predicted molar refractivity (Wildman–Crippen MR) is 77.6 cm³/mol. The van der Waals surface area contributed by atoms with Gasteiger partial charge >= 0.3 is 5.97 Å². The first-order valence-corrected chi connectivity index (χ1v) is 7.32. The predicted octanol–water partition coefficient (Wildman–Crippen LogP) is 5.03. The summed E-state index contributed by atoms with van der Waals surface area (Å²) in [5.74, 6) is -0.0617. The Hall–Kier alpha value is -0.790. The quantitative estimate of drug-likeness (QED) is 0.328. The molecule has 0 saturated heterocycles. The summed E-state index contributed by atoms with van der Waals surface area (Å²) < 4.78 is 5.26. The first kappa shape index (κ1) is 17.2. The van der Waals surface area contributed by atoms with E-state index in [1.54, 1.807) is 0 Å². The molecule has 2 nitrogen and oxygen atoms in total. The van der Waals surface area contributed by atoms with E-state index in [9.17, 15) is 4.79 Å². The van der Waals surface area contributed by atoms with Crippen LogP contribution in [0.4, 0.5) is 0 Å². The lowest BCUT2D eigenvalue weighted by atomic mass is 10.1. The van der Waals surface area contributed by atoms with E-state index in [0.29, 0.717) is 6.42 Å². The van der Waals surface area contributed by atoms with Crippen LogP contribution in [0.3, 0.4) is 0 Å². The fourth-order valence-electron chi connectivity index (χ4n) is 1.74. The van der Waals surface area contributed by atoms with Crippen LogP contribution in [-0.2, 0) is 9.53 Å². The van der Waals surface area contributed by atoms with Crippen molar-refractivity contribution in [1.29, 1.82) is 0 Å². The van der Waals surface area contributed by atoms with Crippen molar-refractivity contribution < 1.29 is 9.53 Å². The Kier molecular flexibility index (Phi) is 9.72. The van der Waals surface area contributed by atoms with Gasteiger partial charge in [-0.1, -0.05) is 38.3 Å². The second kappa shape index (κ2) is 10.2. The minimum absolute atomic E-state index is 0.0617. The Morgan fingerprint density at radius 2 is 1.61 bits per heavy atom. The number of ether oxygens (including phenoxy) is 1. The Labute approximate surface area is 113 Å². The van der Waals surface area contributed by atoms with Crippen molar-refractivity contribution >= 4 is 5.97 Å². The molecule has 0 aromatic carbocycles. The minimum atomic E-state index is -0.345. The number of rotatable bonds is 9. The zero-order chi connectivity index (χ0) is 13.9. The molecule has 0 unspecified atom stereocenters. The zero-order valence-corrected chi connectivity index (χ0v) is 12.6. The minimum Gasteiger partial charge on any atom is -0.460 e. The summed E-state index contributed by atoms with van der Waals surface area (Å²) in [6.45, 7) is 7.89. The summed E-state index contributed by atoms with van der Waals surface area (Å²) in [5, 5.41) is 0. The molecule has 0 aliphatic heterocycles. The fraction of sp³-hybridized carbons (Fsp3) is 0.812. The van der Waals surface area contributed by atoms with E-state index >= 15 is 0 Å². The van der Waals surface area contributed by atoms with Gasteiger partial charge in [0.15, 0.2) is 0 Å². The molecule has 0 saturated carbocycles. The lowest BCUT2D eigenvalue weighted by Crippen LogP contribution is -2.23. The molecule has 0 heterocycles. The van der Waals surface area contributed by atoms with Gasteiger partial charge in [0, 0.05) is 6.42 Å². The van der Waals surface area contributed by atoms with Crippen molar-refractivity contribution in [1.82, 2.24) is 0 Å². The highest BCUT2D eigenvalue weighted by Gasteiger charge is 2.15. The first-order chi connectivity index (χ1) is 8.45. The third-order valence-electron chi connectivity index (χ3n) is 2.57. The molecular formula is C16H30O2. The maximum atomic E-state index is 11.4. The van der Waals surface area contributed by atoms with Crippen LogP contribution < -0.4 is 0 Å². The van der Waals surface area contributed by atoms with Gasteiger partial charge in [-0.3, -0.25) is 4.79 Å². The third-order valence-corrected chi connectivity index (χ3v) is 2.57. The van der Waals surface area contributed by atoms with Crippen molar-refractivity contribution in [3.63, 3.8) is 0 Å². The summed E-state index contributed by atoms with van der Waals surface area (Å²) >= 11 is 0. The number of carbonyl (C=O) groups is 1. The van der Waals surface area contributed by atoms with Crippen LogP contribution in [0.2, 0.25) is 0 Å².